The van der Waals surface area contributed by atoms with Crippen molar-refractivity contribution < 1.29 is 23.4 Å². The molecule has 0 spiro atoms. The van der Waals surface area contributed by atoms with E-state index in [1.807, 2.05) is 0 Å². The van der Waals surface area contributed by atoms with E-state index in [1.165, 1.54) is 6.07 Å². The number of hydrogen-bond donors (Lipinski definition) is 0. The van der Waals surface area contributed by atoms with Crippen molar-refractivity contribution in [3.63, 3.8) is 0 Å². The molecule has 0 heterocycles. The van der Waals surface area contributed by atoms with Gasteiger partial charge in [-0.1, -0.05) is 12.1 Å². The van der Waals surface area contributed by atoms with Gasteiger partial charge in [0.1, 0.15) is 12.4 Å². The summed E-state index contributed by atoms with van der Waals surface area (Å²) in [5.41, 5.74) is 0.379. The molecule has 0 unspecified atom stereocenters. The highest BCUT2D eigenvalue weighted by Gasteiger charge is 2.14. The number of ether oxygens (including phenoxy) is 3. The maximum atomic E-state index is 13.6. The van der Waals surface area contributed by atoms with Crippen LogP contribution in [0.1, 0.15) is 22.3 Å². The van der Waals surface area contributed by atoms with Gasteiger partial charge >= 0.3 is 5.97 Å². The fourth-order valence-corrected chi connectivity index (χ4v) is 1.48. The number of aryl methyl sites for hydroxylation is 1. The summed E-state index contributed by atoms with van der Waals surface area (Å²) in [6.07, 6.45) is 0.789. The number of rotatable bonds is 8. The summed E-state index contributed by atoms with van der Waals surface area (Å²) >= 11 is 0. The first-order valence-corrected chi connectivity index (χ1v) is 6.15. The van der Waals surface area contributed by atoms with Crippen molar-refractivity contribution >= 4 is 5.97 Å². The van der Waals surface area contributed by atoms with Gasteiger partial charge in [-0.15, -0.1) is 0 Å². The topological polar surface area (TPSA) is 44.8 Å². The Hall–Kier alpha value is -1.46. The van der Waals surface area contributed by atoms with Gasteiger partial charge < -0.3 is 14.2 Å². The minimum absolute atomic E-state index is 0.0422. The quantitative estimate of drug-likeness (QED) is 0.537. The van der Waals surface area contributed by atoms with Crippen LogP contribution in [0.4, 0.5) is 4.39 Å². The number of halogens is 1. The van der Waals surface area contributed by atoms with E-state index in [9.17, 15) is 9.18 Å². The highest BCUT2D eigenvalue weighted by Crippen LogP contribution is 2.12. The third-order valence-corrected chi connectivity index (χ3v) is 2.51. The molecular formula is C14H19FO4. The Labute approximate surface area is 112 Å². The molecule has 1 aromatic carbocycles. The van der Waals surface area contributed by atoms with Crippen LogP contribution in [0.3, 0.4) is 0 Å². The number of methoxy groups -OCH3 is 1. The lowest BCUT2D eigenvalue weighted by molar-refractivity contribution is 0.0284. The molecule has 0 aliphatic heterocycles. The van der Waals surface area contributed by atoms with Gasteiger partial charge in [-0.05, 0) is 25.0 Å². The average Bonchev–Trinajstić information content (AvgIpc) is 2.40. The van der Waals surface area contributed by atoms with Crippen molar-refractivity contribution in [3.05, 3.63) is 35.1 Å². The zero-order chi connectivity index (χ0) is 14.1. The van der Waals surface area contributed by atoms with Gasteiger partial charge in [0.15, 0.2) is 0 Å². The highest BCUT2D eigenvalue weighted by atomic mass is 19.1. The van der Waals surface area contributed by atoms with Crippen molar-refractivity contribution in [1.29, 1.82) is 0 Å². The van der Waals surface area contributed by atoms with Gasteiger partial charge in [0.25, 0.3) is 0 Å². The van der Waals surface area contributed by atoms with E-state index in [4.69, 9.17) is 14.2 Å². The molecule has 0 atom stereocenters. The number of esters is 1. The van der Waals surface area contributed by atoms with Crippen LogP contribution in [0.15, 0.2) is 18.2 Å². The van der Waals surface area contributed by atoms with E-state index in [1.54, 1.807) is 26.2 Å². The SMILES string of the molecule is COCCCOCCOC(=O)c1cccc(C)c1F. The number of carbonyl (C=O) groups is 1. The molecule has 0 aliphatic rings. The molecule has 0 radical (unpaired) electrons. The Morgan fingerprint density at radius 2 is 2.00 bits per heavy atom. The summed E-state index contributed by atoms with van der Waals surface area (Å²) in [5.74, 6) is -1.20. The van der Waals surface area contributed by atoms with Gasteiger partial charge in [0, 0.05) is 20.3 Å². The molecule has 0 N–H and O–H groups in total. The summed E-state index contributed by atoms with van der Waals surface area (Å²) in [6, 6.07) is 4.63. The molecule has 0 amide bonds. The lowest BCUT2D eigenvalue weighted by Gasteiger charge is -2.07. The maximum absolute atomic E-state index is 13.6. The molecule has 0 fully saturated rings. The van der Waals surface area contributed by atoms with Gasteiger partial charge in [-0.2, -0.15) is 0 Å². The first kappa shape index (κ1) is 15.6. The summed E-state index contributed by atoms with van der Waals surface area (Å²) in [5, 5.41) is 0. The van der Waals surface area contributed by atoms with E-state index >= 15 is 0 Å². The van der Waals surface area contributed by atoms with Crippen LogP contribution in [0, 0.1) is 12.7 Å². The van der Waals surface area contributed by atoms with Crippen LogP contribution >= 0.6 is 0 Å². The lowest BCUT2D eigenvalue weighted by atomic mass is 10.1. The Kier molecular flexibility index (Phi) is 7.07. The van der Waals surface area contributed by atoms with Crippen LogP contribution in [0.2, 0.25) is 0 Å². The molecule has 106 valence electrons. The molecule has 19 heavy (non-hydrogen) atoms. The Morgan fingerprint density at radius 3 is 2.74 bits per heavy atom. The fourth-order valence-electron chi connectivity index (χ4n) is 1.48. The monoisotopic (exact) mass is 270 g/mol. The van der Waals surface area contributed by atoms with Gasteiger partial charge in [0.2, 0.25) is 0 Å². The summed E-state index contributed by atoms with van der Waals surface area (Å²) in [7, 11) is 1.62. The van der Waals surface area contributed by atoms with E-state index in [2.05, 4.69) is 0 Å². The number of benzene rings is 1. The fraction of sp³-hybridized carbons (Fsp3) is 0.500. The zero-order valence-electron chi connectivity index (χ0n) is 11.3. The number of hydrogen-bond acceptors (Lipinski definition) is 4. The molecule has 4 nitrogen and oxygen atoms in total. The number of carbonyl (C=O) groups excluding carboxylic acids is 1. The van der Waals surface area contributed by atoms with Crippen LogP contribution in [0.5, 0.6) is 0 Å². The first-order valence-electron chi connectivity index (χ1n) is 6.15. The summed E-state index contributed by atoms with van der Waals surface area (Å²) < 4.78 is 28.6. The predicted octanol–water partition coefficient (Wildman–Crippen LogP) is 2.34. The van der Waals surface area contributed by atoms with Crippen LogP contribution in [0.25, 0.3) is 0 Å². The van der Waals surface area contributed by atoms with Gasteiger partial charge in [-0.25, -0.2) is 9.18 Å². The zero-order valence-corrected chi connectivity index (χ0v) is 11.3. The van der Waals surface area contributed by atoms with Crippen molar-refractivity contribution in [3.8, 4) is 0 Å². The molecular weight excluding hydrogens is 251 g/mol. The van der Waals surface area contributed by atoms with Gasteiger partial charge in [0.05, 0.1) is 12.2 Å². The molecule has 0 aromatic heterocycles. The van der Waals surface area contributed by atoms with Gasteiger partial charge in [-0.3, -0.25) is 0 Å². The first-order chi connectivity index (χ1) is 9.16. The van der Waals surface area contributed by atoms with Crippen LogP contribution in [-0.4, -0.2) is 39.5 Å². The minimum Gasteiger partial charge on any atom is -0.460 e. The molecule has 0 saturated carbocycles. The Balaban J connectivity index is 2.26. The molecule has 0 bridgehead atoms. The second kappa shape index (κ2) is 8.61. The smallest absolute Gasteiger partial charge is 0.341 e. The highest BCUT2D eigenvalue weighted by molar-refractivity contribution is 5.89. The summed E-state index contributed by atoms with van der Waals surface area (Å²) in [6.45, 7) is 3.19. The molecule has 1 aromatic rings. The Bertz CT molecular complexity index is 406. The van der Waals surface area contributed by atoms with Crippen molar-refractivity contribution in [2.75, 3.05) is 33.5 Å². The van der Waals surface area contributed by atoms with E-state index in [-0.39, 0.29) is 12.2 Å². The third kappa shape index (κ3) is 5.36. The van der Waals surface area contributed by atoms with E-state index < -0.39 is 11.8 Å². The molecule has 0 saturated heterocycles. The second-order valence-electron chi connectivity index (χ2n) is 4.03. The van der Waals surface area contributed by atoms with E-state index in [0.29, 0.717) is 25.4 Å². The molecule has 5 heteroatoms. The predicted molar refractivity (Wildman–Crippen MR) is 68.7 cm³/mol. The average molecular weight is 270 g/mol. The molecule has 1 rings (SSSR count). The minimum atomic E-state index is -0.665. The van der Waals surface area contributed by atoms with Crippen molar-refractivity contribution in [2.24, 2.45) is 0 Å². The van der Waals surface area contributed by atoms with Crippen LogP contribution in [-0.2, 0) is 14.2 Å². The summed E-state index contributed by atoms with van der Waals surface area (Å²) in [4.78, 5) is 11.6. The maximum Gasteiger partial charge on any atom is 0.341 e. The van der Waals surface area contributed by atoms with Crippen LogP contribution < -0.4 is 0 Å². The second-order valence-corrected chi connectivity index (χ2v) is 4.03. The van der Waals surface area contributed by atoms with E-state index in [0.717, 1.165) is 6.42 Å². The largest absolute Gasteiger partial charge is 0.460 e. The van der Waals surface area contributed by atoms with Crippen molar-refractivity contribution in [1.82, 2.24) is 0 Å². The molecule has 0 aliphatic carbocycles. The normalized spacial score (nSPS) is 10.5. The Morgan fingerprint density at radius 1 is 1.21 bits per heavy atom. The standard InChI is InChI=1S/C14H19FO4/c1-11-5-3-6-12(13(11)15)14(16)19-10-9-18-8-4-7-17-2/h3,5-6H,4,7-10H2,1-2H3. The third-order valence-electron chi connectivity index (χ3n) is 2.51. The lowest BCUT2D eigenvalue weighted by Crippen LogP contribution is -2.13. The van der Waals surface area contributed by atoms with Crippen molar-refractivity contribution in [2.45, 2.75) is 13.3 Å².